The van der Waals surface area contributed by atoms with Crippen LogP contribution in [-0.4, -0.2) is 58.1 Å². The van der Waals surface area contributed by atoms with E-state index < -0.39 is 0 Å². The number of hydrogen-bond donors (Lipinski definition) is 6. The minimum Gasteiger partial charge on any atom is -0.488 e. The van der Waals surface area contributed by atoms with Crippen LogP contribution in [0.5, 0.6) is 5.75 Å². The predicted octanol–water partition coefficient (Wildman–Crippen LogP) is 4.65. The summed E-state index contributed by atoms with van der Waals surface area (Å²) >= 11 is 0. The summed E-state index contributed by atoms with van der Waals surface area (Å²) in [4.78, 5) is 5.00. The average molecular weight is 455 g/mol. The summed E-state index contributed by atoms with van der Waals surface area (Å²) in [7, 11) is 11.5. The van der Waals surface area contributed by atoms with Gasteiger partial charge in [-0.1, -0.05) is 13.8 Å². The van der Waals surface area contributed by atoms with Crippen LogP contribution in [0.25, 0.3) is 22.2 Å². The maximum atomic E-state index is 6.50. The summed E-state index contributed by atoms with van der Waals surface area (Å²) in [5.41, 5.74) is 10.0. The molecule has 0 aliphatic rings. The molecule has 6 N–H and O–H groups in total. The molecule has 0 unspecified atom stereocenters. The summed E-state index contributed by atoms with van der Waals surface area (Å²) in [6.45, 7) is 4.30. The lowest BCUT2D eigenvalue weighted by Gasteiger charge is -2.18. The van der Waals surface area contributed by atoms with E-state index in [0.29, 0.717) is 0 Å². The van der Waals surface area contributed by atoms with E-state index in [4.69, 9.17) is 9.72 Å². The molecule has 3 rings (SSSR count). The van der Waals surface area contributed by atoms with Crippen molar-refractivity contribution >= 4 is 39.7 Å². The molecule has 2 heterocycles. The lowest BCUT2D eigenvalue weighted by atomic mass is 10.0. The van der Waals surface area contributed by atoms with Crippen molar-refractivity contribution in [1.82, 2.24) is 9.66 Å². The number of nitrogens with zero attached hydrogens (tertiary/aromatic N) is 2. The largest absolute Gasteiger partial charge is 0.488 e. The highest BCUT2D eigenvalue weighted by atomic mass is 16.5. The first-order valence-electron chi connectivity index (χ1n) is 11.5. The summed E-state index contributed by atoms with van der Waals surface area (Å²) in [6, 6.07) is 6.17. The fourth-order valence-corrected chi connectivity index (χ4v) is 4.24. The average Bonchev–Trinajstić information content (AvgIpc) is 3.18. The molecule has 1 aromatic carbocycles. The third kappa shape index (κ3) is 4.27. The van der Waals surface area contributed by atoms with Crippen molar-refractivity contribution in [3.63, 3.8) is 0 Å². The number of fused-ring (bicyclic) bond motifs is 1. The number of benzene rings is 1. The van der Waals surface area contributed by atoms with Crippen LogP contribution in [0.4, 0.5) is 28.7 Å². The Kier molecular flexibility index (Phi) is 7.63. The first kappa shape index (κ1) is 24.2. The fraction of sp³-hybridized carbons (Fsp3) is 0.458. The van der Waals surface area contributed by atoms with Crippen LogP contribution in [0, 0.1) is 0 Å². The number of rotatable bonds is 11. The van der Waals surface area contributed by atoms with E-state index in [0.717, 1.165) is 69.4 Å². The molecule has 180 valence electrons. The van der Waals surface area contributed by atoms with E-state index in [-0.39, 0.29) is 6.10 Å². The van der Waals surface area contributed by atoms with E-state index >= 15 is 0 Å². The molecular formula is C24H38N8O. The number of nitrogens with one attached hydrogen (secondary N) is 6. The van der Waals surface area contributed by atoms with Gasteiger partial charge in [0.15, 0.2) is 5.75 Å². The van der Waals surface area contributed by atoms with Crippen LogP contribution in [-0.2, 0) is 0 Å². The van der Waals surface area contributed by atoms with Crippen LogP contribution in [0.15, 0.2) is 18.2 Å². The van der Waals surface area contributed by atoms with Crippen molar-refractivity contribution in [2.24, 2.45) is 0 Å². The normalized spacial score (nSPS) is 10.9. The topological polar surface area (TPSA) is 99.2 Å². The highest BCUT2D eigenvalue weighted by molar-refractivity contribution is 6.10. The number of anilines is 5. The Morgan fingerprint density at radius 1 is 0.818 bits per heavy atom. The van der Waals surface area contributed by atoms with Gasteiger partial charge in [0.05, 0.1) is 11.7 Å². The molecule has 0 spiro atoms. The zero-order valence-corrected chi connectivity index (χ0v) is 21.0. The maximum absolute atomic E-state index is 6.50. The van der Waals surface area contributed by atoms with Gasteiger partial charge >= 0.3 is 0 Å². The fourth-order valence-electron chi connectivity index (χ4n) is 4.24. The van der Waals surface area contributed by atoms with Crippen LogP contribution >= 0.6 is 0 Å². The van der Waals surface area contributed by atoms with E-state index in [2.05, 4.69) is 58.0 Å². The SMILES string of the molecule is CCC(CC)Oc1cc(NC)nc2c(-c3c(NC)cc(NC)cc3NC)c(NC)n(NC)c12. The molecule has 0 fully saturated rings. The number of pyridine rings is 1. The Bertz CT molecular complexity index is 1080. The molecule has 9 heteroatoms. The van der Waals surface area contributed by atoms with Gasteiger partial charge in [-0.2, -0.15) is 0 Å². The molecule has 9 nitrogen and oxygen atoms in total. The minimum atomic E-state index is 0.123. The van der Waals surface area contributed by atoms with Crippen molar-refractivity contribution < 1.29 is 4.74 Å². The van der Waals surface area contributed by atoms with Gasteiger partial charge in [-0.25, -0.2) is 9.66 Å². The summed E-state index contributed by atoms with van der Waals surface area (Å²) in [5, 5.41) is 16.6. The molecule has 0 aliphatic heterocycles. The molecule has 0 saturated heterocycles. The second-order valence-corrected chi connectivity index (χ2v) is 7.74. The Labute approximate surface area is 196 Å². The van der Waals surface area contributed by atoms with Crippen molar-refractivity contribution in [2.45, 2.75) is 32.8 Å². The molecule has 2 aromatic heterocycles. The molecule has 0 aliphatic carbocycles. The highest BCUT2D eigenvalue weighted by Gasteiger charge is 2.27. The van der Waals surface area contributed by atoms with Crippen molar-refractivity contribution in [3.8, 4) is 16.9 Å². The highest BCUT2D eigenvalue weighted by Crippen LogP contribution is 2.47. The zero-order valence-electron chi connectivity index (χ0n) is 21.0. The van der Waals surface area contributed by atoms with Gasteiger partial charge < -0.3 is 36.7 Å². The van der Waals surface area contributed by atoms with Gasteiger partial charge in [0, 0.05) is 71.0 Å². The number of aromatic nitrogens is 2. The third-order valence-corrected chi connectivity index (χ3v) is 6.02. The molecule has 0 amide bonds. The van der Waals surface area contributed by atoms with Crippen molar-refractivity contribution in [2.75, 3.05) is 74.3 Å². The van der Waals surface area contributed by atoms with Crippen LogP contribution < -0.4 is 36.7 Å². The summed E-state index contributed by atoms with van der Waals surface area (Å²) in [5.74, 6) is 2.44. The summed E-state index contributed by atoms with van der Waals surface area (Å²) in [6.07, 6.45) is 1.98. The third-order valence-electron chi connectivity index (χ3n) is 6.02. The van der Waals surface area contributed by atoms with Gasteiger partial charge in [-0.15, -0.1) is 0 Å². The molecule has 0 radical (unpaired) electrons. The zero-order chi connectivity index (χ0) is 24.1. The molecule has 3 aromatic rings. The van der Waals surface area contributed by atoms with E-state index in [9.17, 15) is 0 Å². The van der Waals surface area contributed by atoms with Gasteiger partial charge in [-0.05, 0) is 25.0 Å². The van der Waals surface area contributed by atoms with Crippen LogP contribution in [0.1, 0.15) is 26.7 Å². The van der Waals surface area contributed by atoms with Gasteiger partial charge in [0.2, 0.25) is 0 Å². The van der Waals surface area contributed by atoms with Crippen LogP contribution in [0.2, 0.25) is 0 Å². The monoisotopic (exact) mass is 454 g/mol. The maximum Gasteiger partial charge on any atom is 0.151 e. The smallest absolute Gasteiger partial charge is 0.151 e. The second kappa shape index (κ2) is 10.4. The Morgan fingerprint density at radius 2 is 1.45 bits per heavy atom. The minimum absolute atomic E-state index is 0.123. The number of hydrogen-bond acceptors (Lipinski definition) is 8. The standard InChI is InChI=1S/C24H38N8O/c1-9-15(10-2)33-18-13-19(28-6)31-22-21(24(29-7)32(30-8)23(18)22)20-16(26-4)11-14(25-3)12-17(20)27-5/h11-13,15,25-27,29-30H,9-10H2,1-8H3,(H,28,31). The van der Waals surface area contributed by atoms with E-state index in [1.54, 1.807) is 0 Å². The van der Waals surface area contributed by atoms with Crippen molar-refractivity contribution in [1.29, 1.82) is 0 Å². The molecular weight excluding hydrogens is 416 g/mol. The lowest BCUT2D eigenvalue weighted by molar-refractivity contribution is 0.195. The predicted molar refractivity (Wildman–Crippen MR) is 143 cm³/mol. The first-order valence-corrected chi connectivity index (χ1v) is 11.5. The van der Waals surface area contributed by atoms with Gasteiger partial charge in [0.25, 0.3) is 0 Å². The molecule has 33 heavy (non-hydrogen) atoms. The Balaban J connectivity index is 2.48. The van der Waals surface area contributed by atoms with E-state index in [1.165, 1.54) is 0 Å². The van der Waals surface area contributed by atoms with Gasteiger partial charge in [-0.3, -0.25) is 0 Å². The van der Waals surface area contributed by atoms with E-state index in [1.807, 2.05) is 53.0 Å². The number of ether oxygens (including phenoxy) is 1. The molecule has 0 bridgehead atoms. The quantitative estimate of drug-likeness (QED) is 0.249. The molecule has 0 atom stereocenters. The molecule has 0 saturated carbocycles. The Morgan fingerprint density at radius 3 is 1.91 bits per heavy atom. The van der Waals surface area contributed by atoms with Crippen molar-refractivity contribution in [3.05, 3.63) is 18.2 Å². The first-order chi connectivity index (χ1) is 16.0. The van der Waals surface area contributed by atoms with Crippen LogP contribution in [0.3, 0.4) is 0 Å². The Hall–Kier alpha value is -3.49. The second-order valence-electron chi connectivity index (χ2n) is 7.74. The lowest BCUT2D eigenvalue weighted by Crippen LogP contribution is -2.17. The van der Waals surface area contributed by atoms with Gasteiger partial charge in [0.1, 0.15) is 22.7 Å². The summed E-state index contributed by atoms with van der Waals surface area (Å²) < 4.78 is 8.51.